The number of rotatable bonds is 5. The van der Waals surface area contributed by atoms with Crippen LogP contribution in [0.1, 0.15) is 13.8 Å². The third kappa shape index (κ3) is 3.55. The minimum Gasteiger partial charge on any atom is -0.334 e. The Kier molecular flexibility index (Phi) is 4.72. The molecule has 0 aliphatic heterocycles. The Morgan fingerprint density at radius 1 is 1.07 bits per heavy atom. The molecule has 0 aliphatic carbocycles. The number of benzene rings is 2. The van der Waals surface area contributed by atoms with E-state index in [1.165, 1.54) is 6.92 Å². The summed E-state index contributed by atoms with van der Waals surface area (Å²) in [5.41, 5.74) is 4.35. The molecular weight excluding hydrogens is 354 g/mol. The maximum absolute atomic E-state index is 11.3. The summed E-state index contributed by atoms with van der Waals surface area (Å²) in [6.45, 7) is 4.32. The van der Waals surface area contributed by atoms with Crippen molar-refractivity contribution in [2.75, 3.05) is 5.32 Å². The Balaban J connectivity index is 1.65. The van der Waals surface area contributed by atoms with Crippen LogP contribution in [0.15, 0.2) is 65.3 Å². The Morgan fingerprint density at radius 3 is 2.68 bits per heavy atom. The van der Waals surface area contributed by atoms with E-state index in [4.69, 9.17) is 4.52 Å². The van der Waals surface area contributed by atoms with Crippen LogP contribution in [0.2, 0.25) is 0 Å². The molecule has 28 heavy (non-hydrogen) atoms. The highest BCUT2D eigenvalue weighted by Crippen LogP contribution is 2.27. The van der Waals surface area contributed by atoms with Crippen LogP contribution in [0.25, 0.3) is 34.1 Å². The number of aryl methyl sites for hydroxylation is 1. The first-order chi connectivity index (χ1) is 13.6. The summed E-state index contributed by atoms with van der Waals surface area (Å²) >= 11 is 0. The van der Waals surface area contributed by atoms with Crippen LogP contribution in [0.3, 0.4) is 0 Å². The van der Waals surface area contributed by atoms with Crippen molar-refractivity contribution in [3.8, 4) is 34.1 Å². The summed E-state index contributed by atoms with van der Waals surface area (Å²) in [6, 6.07) is 17.2. The van der Waals surface area contributed by atoms with Crippen LogP contribution in [-0.2, 0) is 11.3 Å². The fourth-order valence-electron chi connectivity index (χ4n) is 3.04. The highest BCUT2D eigenvalue weighted by Gasteiger charge is 2.13. The molecule has 4 aromatic rings. The molecule has 2 aromatic heterocycles. The molecule has 7 nitrogen and oxygen atoms in total. The van der Waals surface area contributed by atoms with Gasteiger partial charge in [0, 0.05) is 42.0 Å². The standard InChI is InChI=1S/C21H19N5O2/c1-3-26-19(10-11-22-26)15-6-4-7-16(12-15)20-24-21(28-25-20)17-8-5-9-18(13-17)23-14(2)27/h4-13H,3H2,1-2H3,(H,23,27). The lowest BCUT2D eigenvalue weighted by Gasteiger charge is -2.05. The highest BCUT2D eigenvalue weighted by molar-refractivity contribution is 5.89. The molecule has 2 aromatic carbocycles. The molecule has 1 N–H and O–H groups in total. The number of nitrogens with one attached hydrogen (secondary N) is 1. The van der Waals surface area contributed by atoms with Crippen molar-refractivity contribution in [1.82, 2.24) is 19.9 Å². The number of anilines is 1. The zero-order chi connectivity index (χ0) is 19.5. The van der Waals surface area contributed by atoms with E-state index in [-0.39, 0.29) is 5.91 Å². The fraction of sp³-hybridized carbons (Fsp3) is 0.143. The van der Waals surface area contributed by atoms with Gasteiger partial charge in [0.25, 0.3) is 5.89 Å². The maximum atomic E-state index is 11.3. The fourth-order valence-corrected chi connectivity index (χ4v) is 3.04. The molecule has 7 heteroatoms. The van der Waals surface area contributed by atoms with Crippen molar-refractivity contribution in [3.05, 3.63) is 60.8 Å². The molecule has 0 atom stereocenters. The van der Waals surface area contributed by atoms with Crippen molar-refractivity contribution in [3.63, 3.8) is 0 Å². The maximum Gasteiger partial charge on any atom is 0.258 e. The van der Waals surface area contributed by atoms with Gasteiger partial charge >= 0.3 is 0 Å². The number of carbonyl (C=O) groups is 1. The normalized spacial score (nSPS) is 10.8. The van der Waals surface area contributed by atoms with E-state index >= 15 is 0 Å². The number of nitrogens with zero attached hydrogens (tertiary/aromatic N) is 4. The van der Waals surface area contributed by atoms with E-state index in [1.54, 1.807) is 12.3 Å². The van der Waals surface area contributed by atoms with Gasteiger partial charge in [0.1, 0.15) is 0 Å². The molecule has 0 fully saturated rings. The van der Waals surface area contributed by atoms with Crippen LogP contribution in [-0.4, -0.2) is 25.8 Å². The number of aromatic nitrogens is 4. The monoisotopic (exact) mass is 373 g/mol. The number of hydrogen-bond acceptors (Lipinski definition) is 5. The third-order valence-electron chi connectivity index (χ3n) is 4.29. The van der Waals surface area contributed by atoms with Gasteiger partial charge < -0.3 is 9.84 Å². The van der Waals surface area contributed by atoms with Crippen molar-refractivity contribution in [1.29, 1.82) is 0 Å². The molecule has 0 saturated carbocycles. The van der Waals surface area contributed by atoms with E-state index in [0.717, 1.165) is 28.9 Å². The van der Waals surface area contributed by atoms with Gasteiger partial charge in [0.2, 0.25) is 11.7 Å². The zero-order valence-electron chi connectivity index (χ0n) is 15.6. The van der Waals surface area contributed by atoms with Crippen LogP contribution < -0.4 is 5.32 Å². The first-order valence-corrected chi connectivity index (χ1v) is 8.98. The lowest BCUT2D eigenvalue weighted by molar-refractivity contribution is -0.114. The molecular formula is C21H19N5O2. The van der Waals surface area contributed by atoms with Gasteiger partial charge in [-0.3, -0.25) is 9.48 Å². The summed E-state index contributed by atoms with van der Waals surface area (Å²) in [4.78, 5) is 15.8. The van der Waals surface area contributed by atoms with Crippen LogP contribution >= 0.6 is 0 Å². The lowest BCUT2D eigenvalue weighted by Crippen LogP contribution is -2.05. The molecule has 4 rings (SSSR count). The molecule has 0 spiro atoms. The minimum absolute atomic E-state index is 0.133. The van der Waals surface area contributed by atoms with Gasteiger partial charge in [-0.15, -0.1) is 0 Å². The zero-order valence-corrected chi connectivity index (χ0v) is 15.6. The SMILES string of the molecule is CCn1nccc1-c1cccc(-c2noc(-c3cccc(NC(C)=O)c3)n2)c1. The largest absolute Gasteiger partial charge is 0.334 e. The van der Waals surface area contributed by atoms with E-state index in [1.807, 2.05) is 53.2 Å². The number of amides is 1. The summed E-state index contributed by atoms with van der Waals surface area (Å²) < 4.78 is 7.39. The van der Waals surface area contributed by atoms with Crippen molar-refractivity contribution in [2.24, 2.45) is 0 Å². The first kappa shape index (κ1) is 17.7. The second kappa shape index (κ2) is 7.48. The predicted molar refractivity (Wildman–Crippen MR) is 106 cm³/mol. The van der Waals surface area contributed by atoms with E-state index in [9.17, 15) is 4.79 Å². The second-order valence-corrected chi connectivity index (χ2v) is 6.30. The number of carbonyl (C=O) groups excluding carboxylic acids is 1. The molecule has 0 radical (unpaired) electrons. The smallest absolute Gasteiger partial charge is 0.258 e. The van der Waals surface area contributed by atoms with Crippen LogP contribution in [0, 0.1) is 0 Å². The van der Waals surface area contributed by atoms with Gasteiger partial charge in [-0.2, -0.15) is 10.1 Å². The average Bonchev–Trinajstić information content (AvgIpc) is 3.37. The second-order valence-electron chi connectivity index (χ2n) is 6.30. The Bertz CT molecular complexity index is 1130. The third-order valence-corrected chi connectivity index (χ3v) is 4.29. The molecule has 2 heterocycles. The summed E-state index contributed by atoms with van der Waals surface area (Å²) in [5.74, 6) is 0.766. The minimum atomic E-state index is -0.133. The van der Waals surface area contributed by atoms with Crippen LogP contribution in [0.4, 0.5) is 5.69 Å². The molecule has 0 aliphatic rings. The van der Waals surface area contributed by atoms with E-state index in [0.29, 0.717) is 17.4 Å². The quantitative estimate of drug-likeness (QED) is 0.565. The first-order valence-electron chi connectivity index (χ1n) is 8.98. The van der Waals surface area contributed by atoms with Crippen molar-refractivity contribution >= 4 is 11.6 Å². The number of hydrogen-bond donors (Lipinski definition) is 1. The molecule has 1 amide bonds. The Hall–Kier alpha value is -3.74. The van der Waals surface area contributed by atoms with Crippen molar-refractivity contribution in [2.45, 2.75) is 20.4 Å². The van der Waals surface area contributed by atoms with Crippen molar-refractivity contribution < 1.29 is 9.32 Å². The van der Waals surface area contributed by atoms with Gasteiger partial charge in [-0.05, 0) is 37.3 Å². The average molecular weight is 373 g/mol. The van der Waals surface area contributed by atoms with Crippen LogP contribution in [0.5, 0.6) is 0 Å². The van der Waals surface area contributed by atoms with Gasteiger partial charge in [0.15, 0.2) is 0 Å². The van der Waals surface area contributed by atoms with E-state index in [2.05, 4.69) is 27.5 Å². The Labute approximate surface area is 162 Å². The Morgan fingerprint density at radius 2 is 1.86 bits per heavy atom. The molecule has 0 unspecified atom stereocenters. The summed E-state index contributed by atoms with van der Waals surface area (Å²) in [7, 11) is 0. The van der Waals surface area contributed by atoms with E-state index < -0.39 is 0 Å². The lowest BCUT2D eigenvalue weighted by atomic mass is 10.1. The van der Waals surface area contributed by atoms with Gasteiger partial charge in [-0.25, -0.2) is 0 Å². The predicted octanol–water partition coefficient (Wildman–Crippen LogP) is 4.25. The summed E-state index contributed by atoms with van der Waals surface area (Å²) in [6.07, 6.45) is 1.79. The summed E-state index contributed by atoms with van der Waals surface area (Å²) in [5, 5.41) is 11.2. The highest BCUT2D eigenvalue weighted by atomic mass is 16.5. The van der Waals surface area contributed by atoms with Gasteiger partial charge in [-0.1, -0.05) is 29.4 Å². The topological polar surface area (TPSA) is 85.8 Å². The molecule has 140 valence electrons. The van der Waals surface area contributed by atoms with Gasteiger partial charge in [0.05, 0.1) is 5.69 Å². The molecule has 0 bridgehead atoms. The molecule has 0 saturated heterocycles.